The molecule has 1 aliphatic rings. The van der Waals surface area contributed by atoms with Crippen LogP contribution in [-0.4, -0.2) is 42.3 Å². The molecule has 5 unspecified atom stereocenters. The quantitative estimate of drug-likeness (QED) is 0.204. The molecule has 1 saturated heterocycles. The number of carbonyl (C=O) groups excluding carboxylic acids is 1. The minimum Gasteiger partial charge on any atom is -0.392 e. The van der Waals surface area contributed by atoms with Crippen LogP contribution in [0.3, 0.4) is 0 Å². The highest BCUT2D eigenvalue weighted by atomic mass is 16.7. The molecular formula is C35H41N3O4. The molecule has 5 atom stereocenters. The van der Waals surface area contributed by atoms with Gasteiger partial charge in [-0.3, -0.25) is 4.90 Å². The highest BCUT2D eigenvalue weighted by Gasteiger charge is 2.39. The predicted octanol–water partition coefficient (Wildman–Crippen LogP) is 6.96. The van der Waals surface area contributed by atoms with E-state index in [2.05, 4.69) is 78.9 Å². The Morgan fingerprint density at radius 1 is 0.929 bits per heavy atom. The van der Waals surface area contributed by atoms with Crippen LogP contribution in [0.25, 0.3) is 10.8 Å². The van der Waals surface area contributed by atoms with Crippen molar-refractivity contribution in [2.45, 2.75) is 51.9 Å². The minimum absolute atomic E-state index is 0.00381. The summed E-state index contributed by atoms with van der Waals surface area (Å²) < 4.78 is 13.3. The Kier molecular flexibility index (Phi) is 9.55. The second-order valence-corrected chi connectivity index (χ2v) is 11.2. The van der Waals surface area contributed by atoms with Gasteiger partial charge in [0.15, 0.2) is 6.29 Å². The molecule has 0 aliphatic carbocycles. The largest absolute Gasteiger partial charge is 0.392 e. The van der Waals surface area contributed by atoms with Crippen molar-refractivity contribution >= 4 is 22.5 Å². The van der Waals surface area contributed by atoms with Gasteiger partial charge in [0.1, 0.15) is 0 Å². The van der Waals surface area contributed by atoms with E-state index in [1.54, 1.807) is 0 Å². The van der Waals surface area contributed by atoms with Crippen molar-refractivity contribution in [2.24, 2.45) is 5.92 Å². The summed E-state index contributed by atoms with van der Waals surface area (Å²) in [6.07, 6.45) is -0.872. The molecule has 0 bridgehead atoms. The number of ether oxygens (including phenoxy) is 2. The third kappa shape index (κ3) is 6.82. The number of benzene rings is 4. The first-order valence-electron chi connectivity index (χ1n) is 14.7. The van der Waals surface area contributed by atoms with Gasteiger partial charge in [-0.2, -0.15) is 0 Å². The number of anilines is 1. The third-order valence-corrected chi connectivity index (χ3v) is 8.29. The number of urea groups is 1. The van der Waals surface area contributed by atoms with Crippen molar-refractivity contribution in [3.05, 3.63) is 113 Å². The van der Waals surface area contributed by atoms with E-state index in [1.807, 2.05) is 55.5 Å². The van der Waals surface area contributed by atoms with Crippen molar-refractivity contribution in [3.8, 4) is 0 Å². The minimum atomic E-state index is -0.573. The van der Waals surface area contributed by atoms with Crippen LogP contribution in [0.2, 0.25) is 0 Å². The lowest BCUT2D eigenvalue weighted by molar-refractivity contribution is -0.276. The number of nitrogens with zero attached hydrogens (tertiary/aromatic N) is 1. The van der Waals surface area contributed by atoms with Crippen molar-refractivity contribution in [1.29, 1.82) is 0 Å². The smallest absolute Gasteiger partial charge is 0.319 e. The van der Waals surface area contributed by atoms with Crippen LogP contribution in [0, 0.1) is 5.92 Å². The Balaban J connectivity index is 1.37. The monoisotopic (exact) mass is 567 g/mol. The van der Waals surface area contributed by atoms with Crippen molar-refractivity contribution in [2.75, 3.05) is 25.5 Å². The van der Waals surface area contributed by atoms with E-state index in [1.165, 1.54) is 16.3 Å². The highest BCUT2D eigenvalue weighted by molar-refractivity contribution is 5.89. The molecule has 7 nitrogen and oxygen atoms in total. The Hall–Kier alpha value is -3.75. The van der Waals surface area contributed by atoms with Gasteiger partial charge in [0.05, 0.1) is 18.8 Å². The molecule has 3 N–H and O–H groups in total. The summed E-state index contributed by atoms with van der Waals surface area (Å²) in [5.74, 6) is 0.0751. The summed E-state index contributed by atoms with van der Waals surface area (Å²) in [6.45, 7) is 7.57. The maximum absolute atomic E-state index is 12.0. The zero-order valence-electron chi connectivity index (χ0n) is 24.8. The topological polar surface area (TPSA) is 83.1 Å². The van der Waals surface area contributed by atoms with Gasteiger partial charge in [-0.05, 0) is 66.6 Å². The fraction of sp³-hybridized carbons (Fsp3) is 0.343. The number of aliphatic hydroxyl groups is 1. The van der Waals surface area contributed by atoms with Crippen LogP contribution in [0.15, 0.2) is 91.0 Å². The summed E-state index contributed by atoms with van der Waals surface area (Å²) in [5, 5.41) is 17.6. The molecule has 0 spiro atoms. The van der Waals surface area contributed by atoms with Gasteiger partial charge < -0.3 is 25.2 Å². The molecule has 220 valence electrons. The molecule has 7 heteroatoms. The van der Waals surface area contributed by atoms with E-state index < -0.39 is 6.29 Å². The van der Waals surface area contributed by atoms with E-state index in [9.17, 15) is 9.90 Å². The summed E-state index contributed by atoms with van der Waals surface area (Å²) in [6, 6.07) is 30.6. The average molecular weight is 568 g/mol. The van der Waals surface area contributed by atoms with Gasteiger partial charge in [-0.25, -0.2) is 4.79 Å². The SMILES string of the molecule is CCNC(=O)Nc1ccc(C2OC(CN(C)C(C)c3ccc4ccccc4c3)C(C)C(c3ccc(CO)cc3)O2)cc1. The van der Waals surface area contributed by atoms with Gasteiger partial charge in [0, 0.05) is 36.3 Å². The fourth-order valence-electron chi connectivity index (χ4n) is 5.55. The molecule has 1 heterocycles. The standard InChI is InChI=1S/C35H41N3O4/c1-5-36-35(40)37-31-18-16-28(17-19-31)34-41-32(23(2)33(42-34)27-12-10-25(22-39)11-13-27)21-38(4)24(3)29-15-14-26-8-6-7-9-30(26)20-29/h6-20,23-24,32-34,39H,5,21-22H2,1-4H3,(H2,36,37,40). The summed E-state index contributed by atoms with van der Waals surface area (Å²) in [4.78, 5) is 14.3. The number of aliphatic hydroxyl groups excluding tert-OH is 1. The number of rotatable bonds is 9. The summed E-state index contributed by atoms with van der Waals surface area (Å²) >= 11 is 0. The van der Waals surface area contributed by atoms with Gasteiger partial charge in [-0.1, -0.05) is 79.7 Å². The van der Waals surface area contributed by atoms with Crippen LogP contribution in [-0.2, 0) is 16.1 Å². The molecule has 4 aromatic carbocycles. The first kappa shape index (κ1) is 29.7. The number of hydrogen-bond donors (Lipinski definition) is 3. The lowest BCUT2D eigenvalue weighted by atomic mass is 9.89. The molecule has 5 rings (SSSR count). The maximum Gasteiger partial charge on any atom is 0.319 e. The van der Waals surface area contributed by atoms with Crippen molar-refractivity contribution in [3.63, 3.8) is 0 Å². The number of fused-ring (bicyclic) bond motifs is 1. The fourth-order valence-corrected chi connectivity index (χ4v) is 5.55. The molecule has 0 aromatic heterocycles. The zero-order chi connectivity index (χ0) is 29.6. The zero-order valence-corrected chi connectivity index (χ0v) is 24.8. The van der Waals surface area contributed by atoms with Crippen molar-refractivity contribution in [1.82, 2.24) is 10.2 Å². The average Bonchev–Trinajstić information content (AvgIpc) is 3.02. The van der Waals surface area contributed by atoms with Crippen molar-refractivity contribution < 1.29 is 19.4 Å². The number of amides is 2. The van der Waals surface area contributed by atoms with Gasteiger partial charge in [-0.15, -0.1) is 0 Å². The van der Waals surface area contributed by atoms with E-state index in [4.69, 9.17) is 9.47 Å². The first-order valence-corrected chi connectivity index (χ1v) is 14.7. The number of hydrogen-bond acceptors (Lipinski definition) is 5. The van der Waals surface area contributed by atoms with E-state index in [0.29, 0.717) is 12.2 Å². The van der Waals surface area contributed by atoms with E-state index >= 15 is 0 Å². The van der Waals surface area contributed by atoms with Crippen LogP contribution in [0.4, 0.5) is 10.5 Å². The molecule has 1 aliphatic heterocycles. The Bertz CT molecular complexity index is 1470. The lowest BCUT2D eigenvalue weighted by Gasteiger charge is -2.43. The molecule has 4 aromatic rings. The molecule has 42 heavy (non-hydrogen) atoms. The predicted molar refractivity (Wildman–Crippen MR) is 167 cm³/mol. The number of likely N-dealkylation sites (N-methyl/N-ethyl adjacent to an activating group) is 1. The molecule has 1 fully saturated rings. The van der Waals surface area contributed by atoms with Crippen LogP contribution in [0.5, 0.6) is 0 Å². The molecule has 0 saturated carbocycles. The third-order valence-electron chi connectivity index (χ3n) is 8.29. The Morgan fingerprint density at radius 2 is 1.62 bits per heavy atom. The van der Waals surface area contributed by atoms with E-state index in [0.717, 1.165) is 23.2 Å². The number of nitrogens with one attached hydrogen (secondary N) is 2. The second-order valence-electron chi connectivity index (χ2n) is 11.2. The molecular weight excluding hydrogens is 526 g/mol. The normalized spacial score (nSPS) is 21.3. The summed E-state index contributed by atoms with van der Waals surface area (Å²) in [5.41, 5.74) is 4.77. The van der Waals surface area contributed by atoms with Gasteiger partial charge in [0.25, 0.3) is 0 Å². The van der Waals surface area contributed by atoms with Crippen LogP contribution in [0.1, 0.15) is 61.5 Å². The Morgan fingerprint density at radius 3 is 2.31 bits per heavy atom. The van der Waals surface area contributed by atoms with Gasteiger partial charge in [0.2, 0.25) is 0 Å². The van der Waals surface area contributed by atoms with Crippen LogP contribution >= 0.6 is 0 Å². The van der Waals surface area contributed by atoms with Gasteiger partial charge >= 0.3 is 6.03 Å². The summed E-state index contributed by atoms with van der Waals surface area (Å²) in [7, 11) is 2.15. The molecule has 0 radical (unpaired) electrons. The first-order chi connectivity index (χ1) is 20.4. The van der Waals surface area contributed by atoms with Crippen LogP contribution < -0.4 is 10.6 Å². The maximum atomic E-state index is 12.0. The highest BCUT2D eigenvalue weighted by Crippen LogP contribution is 2.42. The van der Waals surface area contributed by atoms with E-state index in [-0.39, 0.29) is 36.8 Å². The second kappa shape index (κ2) is 13.5. The Labute approximate surface area is 248 Å². The number of carbonyl (C=O) groups is 1. The lowest BCUT2D eigenvalue weighted by Crippen LogP contribution is -2.44. The molecule has 2 amide bonds.